The third-order valence-electron chi connectivity index (χ3n) is 3.93. The van der Waals surface area contributed by atoms with Gasteiger partial charge in [0.15, 0.2) is 5.78 Å². The fourth-order valence-electron chi connectivity index (χ4n) is 2.65. The second kappa shape index (κ2) is 7.50. The third kappa shape index (κ3) is 4.39. The van der Waals surface area contributed by atoms with Gasteiger partial charge in [-0.3, -0.25) is 4.79 Å². The van der Waals surface area contributed by atoms with Crippen LogP contribution in [0.5, 0.6) is 0 Å². The van der Waals surface area contributed by atoms with E-state index < -0.39 is 0 Å². The molecule has 1 aliphatic rings. The molecule has 1 aromatic carbocycles. The van der Waals surface area contributed by atoms with Gasteiger partial charge < -0.3 is 9.64 Å². The zero-order valence-corrected chi connectivity index (χ0v) is 12.0. The van der Waals surface area contributed by atoms with Crippen LogP contribution in [-0.2, 0) is 4.74 Å². The minimum absolute atomic E-state index is 0.0871. The summed E-state index contributed by atoms with van der Waals surface area (Å²) in [6, 6.07) is 5.79. The van der Waals surface area contributed by atoms with Crippen LogP contribution in [0.3, 0.4) is 0 Å². The van der Waals surface area contributed by atoms with Crippen molar-refractivity contribution in [3.8, 4) is 0 Å². The fourth-order valence-corrected chi connectivity index (χ4v) is 2.65. The van der Waals surface area contributed by atoms with E-state index in [4.69, 9.17) is 4.74 Å². The largest absolute Gasteiger partial charge is 0.384 e. The van der Waals surface area contributed by atoms with Gasteiger partial charge in [-0.1, -0.05) is 0 Å². The van der Waals surface area contributed by atoms with Gasteiger partial charge in [-0.2, -0.15) is 0 Å². The Bertz CT molecular complexity index is 425. The highest BCUT2D eigenvalue weighted by atomic mass is 19.1. The van der Waals surface area contributed by atoms with Crippen molar-refractivity contribution in [1.82, 2.24) is 4.90 Å². The maximum absolute atomic E-state index is 12.8. The molecule has 0 spiro atoms. The maximum Gasteiger partial charge on any atom is 0.164 e. The molecule has 1 heterocycles. The Morgan fingerprint density at radius 3 is 2.55 bits per heavy atom. The Hall–Kier alpha value is -1.26. The summed E-state index contributed by atoms with van der Waals surface area (Å²) >= 11 is 0. The number of likely N-dealkylation sites (tertiary alicyclic amines) is 1. The number of Topliss-reactive ketones (excluding diaryl/α,β-unsaturated/α-hetero) is 1. The summed E-state index contributed by atoms with van der Waals surface area (Å²) in [5.74, 6) is 0.440. The molecule has 0 bridgehead atoms. The zero-order valence-electron chi connectivity index (χ0n) is 12.0. The van der Waals surface area contributed by atoms with E-state index in [0.717, 1.165) is 39.1 Å². The van der Waals surface area contributed by atoms with Crippen molar-refractivity contribution in [2.75, 3.05) is 33.4 Å². The zero-order chi connectivity index (χ0) is 14.4. The van der Waals surface area contributed by atoms with Crippen molar-refractivity contribution in [3.63, 3.8) is 0 Å². The van der Waals surface area contributed by atoms with Gasteiger partial charge in [0.25, 0.3) is 0 Å². The van der Waals surface area contributed by atoms with Crippen LogP contribution in [0.15, 0.2) is 24.3 Å². The van der Waals surface area contributed by atoms with E-state index in [9.17, 15) is 9.18 Å². The number of ether oxygens (including phenoxy) is 1. The smallest absolute Gasteiger partial charge is 0.164 e. The van der Waals surface area contributed by atoms with Crippen molar-refractivity contribution < 1.29 is 13.9 Å². The number of piperidine rings is 1. The summed E-state index contributed by atoms with van der Waals surface area (Å²) in [5.41, 5.74) is 0.598. The van der Waals surface area contributed by atoms with Crippen LogP contribution in [0.25, 0.3) is 0 Å². The molecular formula is C16H22FNO2. The highest BCUT2D eigenvalue weighted by Crippen LogP contribution is 2.17. The Morgan fingerprint density at radius 1 is 1.30 bits per heavy atom. The fraction of sp³-hybridized carbons (Fsp3) is 0.562. The number of benzene rings is 1. The average Bonchev–Trinajstić information content (AvgIpc) is 2.47. The second-order valence-corrected chi connectivity index (χ2v) is 5.42. The van der Waals surface area contributed by atoms with Crippen LogP contribution in [0.2, 0.25) is 0 Å². The Balaban J connectivity index is 1.73. The summed E-state index contributed by atoms with van der Waals surface area (Å²) in [4.78, 5) is 14.3. The molecule has 1 fully saturated rings. The van der Waals surface area contributed by atoms with E-state index in [1.54, 1.807) is 19.2 Å². The van der Waals surface area contributed by atoms with Gasteiger partial charge in [-0.15, -0.1) is 0 Å². The van der Waals surface area contributed by atoms with Gasteiger partial charge in [0.05, 0.1) is 0 Å². The average molecular weight is 279 g/mol. The van der Waals surface area contributed by atoms with Crippen molar-refractivity contribution in [2.24, 2.45) is 5.92 Å². The first-order chi connectivity index (χ1) is 9.69. The predicted octanol–water partition coefficient (Wildman–Crippen LogP) is 2.76. The van der Waals surface area contributed by atoms with Gasteiger partial charge in [0, 0.05) is 32.2 Å². The molecule has 0 radical (unpaired) electrons. The van der Waals surface area contributed by atoms with Gasteiger partial charge >= 0.3 is 0 Å². The van der Waals surface area contributed by atoms with Gasteiger partial charge in [0.2, 0.25) is 0 Å². The van der Waals surface area contributed by atoms with Gasteiger partial charge in [-0.05, 0) is 56.1 Å². The van der Waals surface area contributed by atoms with E-state index in [1.807, 2.05) is 0 Å². The number of carbonyl (C=O) groups excluding carboxylic acids is 1. The molecule has 1 aliphatic heterocycles. The number of ketones is 1. The molecule has 1 aromatic rings. The molecule has 20 heavy (non-hydrogen) atoms. The lowest BCUT2D eigenvalue weighted by Crippen LogP contribution is -2.36. The molecule has 1 saturated heterocycles. The summed E-state index contributed by atoms with van der Waals surface area (Å²) in [5, 5.41) is 0. The topological polar surface area (TPSA) is 29.5 Å². The predicted molar refractivity (Wildman–Crippen MR) is 76.4 cm³/mol. The maximum atomic E-state index is 12.8. The number of methoxy groups -OCH3 is 1. The number of rotatable bonds is 6. The third-order valence-corrected chi connectivity index (χ3v) is 3.93. The normalized spacial score (nSPS) is 17.3. The molecule has 0 amide bonds. The Kier molecular flexibility index (Phi) is 5.68. The first-order valence-electron chi connectivity index (χ1n) is 7.19. The number of halogens is 1. The SMILES string of the molecule is COCC1CCN(CCC(=O)c2ccc(F)cc2)CC1. The number of carbonyl (C=O) groups is 1. The van der Waals surface area contributed by atoms with Gasteiger partial charge in [-0.25, -0.2) is 4.39 Å². The first-order valence-corrected chi connectivity index (χ1v) is 7.19. The summed E-state index contributed by atoms with van der Waals surface area (Å²) < 4.78 is 18.0. The van der Waals surface area contributed by atoms with Crippen molar-refractivity contribution in [2.45, 2.75) is 19.3 Å². The molecule has 0 atom stereocenters. The van der Waals surface area contributed by atoms with E-state index in [-0.39, 0.29) is 11.6 Å². The monoisotopic (exact) mass is 279 g/mol. The molecule has 0 N–H and O–H groups in total. The lowest BCUT2D eigenvalue weighted by atomic mass is 9.97. The summed E-state index contributed by atoms with van der Waals surface area (Å²) in [6.45, 7) is 3.69. The molecule has 0 unspecified atom stereocenters. The minimum atomic E-state index is -0.304. The molecule has 0 saturated carbocycles. The van der Waals surface area contributed by atoms with Crippen LogP contribution < -0.4 is 0 Å². The van der Waals surface area contributed by atoms with Crippen LogP contribution >= 0.6 is 0 Å². The molecule has 2 rings (SSSR count). The molecular weight excluding hydrogens is 257 g/mol. The van der Waals surface area contributed by atoms with E-state index in [1.165, 1.54) is 12.1 Å². The van der Waals surface area contributed by atoms with Crippen molar-refractivity contribution >= 4 is 5.78 Å². The Morgan fingerprint density at radius 2 is 1.95 bits per heavy atom. The standard InChI is InChI=1S/C16H22FNO2/c1-20-12-13-6-9-18(10-7-13)11-8-16(19)14-2-4-15(17)5-3-14/h2-5,13H,6-12H2,1H3. The number of hydrogen-bond acceptors (Lipinski definition) is 3. The molecule has 110 valence electrons. The van der Waals surface area contributed by atoms with E-state index >= 15 is 0 Å². The quantitative estimate of drug-likeness (QED) is 0.750. The van der Waals surface area contributed by atoms with Crippen molar-refractivity contribution in [3.05, 3.63) is 35.6 Å². The van der Waals surface area contributed by atoms with Crippen LogP contribution in [0.1, 0.15) is 29.6 Å². The Labute approximate surface area is 119 Å². The molecule has 4 heteroatoms. The summed E-state index contributed by atoms with van der Waals surface area (Å²) in [6.07, 6.45) is 2.78. The van der Waals surface area contributed by atoms with Gasteiger partial charge in [0.1, 0.15) is 5.82 Å². The number of hydrogen-bond donors (Lipinski definition) is 0. The molecule has 0 aromatic heterocycles. The highest BCUT2D eigenvalue weighted by molar-refractivity contribution is 5.96. The van der Waals surface area contributed by atoms with E-state index in [2.05, 4.69) is 4.90 Å². The lowest BCUT2D eigenvalue weighted by Gasteiger charge is -2.31. The van der Waals surface area contributed by atoms with Crippen LogP contribution in [0.4, 0.5) is 4.39 Å². The van der Waals surface area contributed by atoms with Crippen molar-refractivity contribution in [1.29, 1.82) is 0 Å². The minimum Gasteiger partial charge on any atom is -0.384 e. The second-order valence-electron chi connectivity index (χ2n) is 5.42. The highest BCUT2D eigenvalue weighted by Gasteiger charge is 2.19. The number of nitrogens with zero attached hydrogens (tertiary/aromatic N) is 1. The molecule has 3 nitrogen and oxygen atoms in total. The molecule has 0 aliphatic carbocycles. The summed E-state index contributed by atoms with van der Waals surface area (Å²) in [7, 11) is 1.74. The van der Waals surface area contributed by atoms with Crippen LogP contribution in [-0.4, -0.2) is 44.0 Å². The first kappa shape index (κ1) is 15.1. The van der Waals surface area contributed by atoms with Crippen LogP contribution in [0, 0.1) is 11.7 Å². The van der Waals surface area contributed by atoms with E-state index in [0.29, 0.717) is 17.9 Å². The lowest BCUT2D eigenvalue weighted by molar-refractivity contribution is 0.0883.